The van der Waals surface area contributed by atoms with Crippen LogP contribution < -0.4 is 5.73 Å². The van der Waals surface area contributed by atoms with Gasteiger partial charge < -0.3 is 20.3 Å². The van der Waals surface area contributed by atoms with Crippen molar-refractivity contribution in [2.24, 2.45) is 0 Å². The normalized spacial score (nSPS) is 15.3. The highest BCUT2D eigenvalue weighted by Crippen LogP contribution is 2.17. The molecule has 1 aliphatic rings. The monoisotopic (exact) mass is 359 g/mol. The third-order valence-electron chi connectivity index (χ3n) is 4.23. The van der Waals surface area contributed by atoms with Gasteiger partial charge in [0.15, 0.2) is 0 Å². The predicted octanol–water partition coefficient (Wildman–Crippen LogP) is 1.70. The number of fused-ring (bicyclic) bond motifs is 1. The number of hydrogen-bond donors (Lipinski definition) is 1. The Morgan fingerprint density at radius 1 is 1.15 bits per heavy atom. The van der Waals surface area contributed by atoms with Gasteiger partial charge in [0.25, 0.3) is 0 Å². The Hall–Kier alpha value is -2.77. The van der Waals surface area contributed by atoms with Crippen molar-refractivity contribution < 1.29 is 14.3 Å². The molecule has 1 aromatic carbocycles. The van der Waals surface area contributed by atoms with Crippen LogP contribution in [0.5, 0.6) is 0 Å². The highest BCUT2D eigenvalue weighted by molar-refractivity contribution is 5.84. The van der Waals surface area contributed by atoms with Gasteiger partial charge >= 0.3 is 6.09 Å². The molecular formula is C18H25N5O3. The number of carbonyl (C=O) groups excluding carboxylic acids is 2. The van der Waals surface area contributed by atoms with Gasteiger partial charge in [0.05, 0.1) is 11.7 Å². The molecule has 0 atom stereocenters. The number of nitrogens with zero attached hydrogens (tertiary/aromatic N) is 4. The number of benzene rings is 1. The van der Waals surface area contributed by atoms with Gasteiger partial charge in [0.1, 0.15) is 12.1 Å². The van der Waals surface area contributed by atoms with Crippen LogP contribution in [-0.2, 0) is 16.1 Å². The summed E-state index contributed by atoms with van der Waals surface area (Å²) in [7, 11) is 0. The lowest BCUT2D eigenvalue weighted by atomic mass is 10.2. The van der Waals surface area contributed by atoms with E-state index >= 15 is 0 Å². The fourth-order valence-electron chi connectivity index (χ4n) is 2.92. The first-order valence-electron chi connectivity index (χ1n) is 8.70. The van der Waals surface area contributed by atoms with Gasteiger partial charge in [-0.1, -0.05) is 0 Å². The average molecular weight is 359 g/mol. The summed E-state index contributed by atoms with van der Waals surface area (Å²) in [4.78, 5) is 28.1. The molecule has 26 heavy (non-hydrogen) atoms. The van der Waals surface area contributed by atoms with Crippen molar-refractivity contribution in [3.8, 4) is 0 Å². The Labute approximate surface area is 152 Å². The van der Waals surface area contributed by atoms with Crippen molar-refractivity contribution in [2.75, 3.05) is 31.9 Å². The van der Waals surface area contributed by atoms with Crippen LogP contribution in [0.3, 0.4) is 0 Å². The van der Waals surface area contributed by atoms with E-state index in [9.17, 15) is 9.59 Å². The SMILES string of the molecule is CC(C)(C)OC(=O)N1CCN(C(=O)Cn2ncc3cc(N)ccc32)CC1. The summed E-state index contributed by atoms with van der Waals surface area (Å²) in [5.41, 5.74) is 6.80. The summed E-state index contributed by atoms with van der Waals surface area (Å²) >= 11 is 0. The Kier molecular flexibility index (Phi) is 4.76. The molecule has 0 saturated carbocycles. The van der Waals surface area contributed by atoms with E-state index in [1.807, 2.05) is 32.9 Å². The molecule has 1 aromatic heterocycles. The van der Waals surface area contributed by atoms with Crippen LogP contribution in [-0.4, -0.2) is 63.4 Å². The number of hydrogen-bond acceptors (Lipinski definition) is 5. The van der Waals surface area contributed by atoms with Crippen LogP contribution in [0.2, 0.25) is 0 Å². The van der Waals surface area contributed by atoms with Crippen LogP contribution in [0.25, 0.3) is 10.9 Å². The molecule has 2 amide bonds. The second kappa shape index (κ2) is 6.86. The summed E-state index contributed by atoms with van der Waals surface area (Å²) < 4.78 is 7.05. The van der Waals surface area contributed by atoms with Crippen LogP contribution in [0.4, 0.5) is 10.5 Å². The first-order valence-corrected chi connectivity index (χ1v) is 8.70. The highest BCUT2D eigenvalue weighted by atomic mass is 16.6. The maximum atomic E-state index is 12.6. The number of carbonyl (C=O) groups is 2. The zero-order valence-corrected chi connectivity index (χ0v) is 15.4. The van der Waals surface area contributed by atoms with Crippen LogP contribution in [0, 0.1) is 0 Å². The molecule has 3 rings (SSSR count). The molecule has 1 aliphatic heterocycles. The van der Waals surface area contributed by atoms with E-state index in [-0.39, 0.29) is 18.5 Å². The van der Waals surface area contributed by atoms with E-state index in [1.165, 1.54) is 0 Å². The maximum Gasteiger partial charge on any atom is 0.410 e. The standard InChI is InChI=1S/C18H25N5O3/c1-18(2,3)26-17(25)22-8-6-21(7-9-22)16(24)12-23-15-5-4-14(19)10-13(15)11-20-23/h4-5,10-11H,6-9,12,19H2,1-3H3. The van der Waals surface area contributed by atoms with Crippen LogP contribution in [0.1, 0.15) is 20.8 Å². The summed E-state index contributed by atoms with van der Waals surface area (Å²) in [5, 5.41) is 5.19. The molecular weight excluding hydrogens is 334 g/mol. The minimum atomic E-state index is -0.519. The van der Waals surface area contributed by atoms with Crippen molar-refractivity contribution >= 4 is 28.6 Å². The largest absolute Gasteiger partial charge is 0.444 e. The molecule has 0 spiro atoms. The van der Waals surface area contributed by atoms with E-state index < -0.39 is 5.60 Å². The second-order valence-corrected chi connectivity index (χ2v) is 7.47. The Balaban J connectivity index is 1.57. The smallest absolute Gasteiger partial charge is 0.410 e. The van der Waals surface area contributed by atoms with Gasteiger partial charge in [-0.15, -0.1) is 0 Å². The van der Waals surface area contributed by atoms with Gasteiger partial charge in [-0.25, -0.2) is 4.79 Å². The lowest BCUT2D eigenvalue weighted by Gasteiger charge is -2.35. The molecule has 0 unspecified atom stereocenters. The number of aromatic nitrogens is 2. The summed E-state index contributed by atoms with van der Waals surface area (Å²) in [6.45, 7) is 7.61. The van der Waals surface area contributed by atoms with E-state index in [0.29, 0.717) is 31.9 Å². The van der Waals surface area contributed by atoms with Gasteiger partial charge in [-0.3, -0.25) is 9.48 Å². The lowest BCUT2D eigenvalue weighted by Crippen LogP contribution is -2.52. The predicted molar refractivity (Wildman–Crippen MR) is 98.5 cm³/mol. The molecule has 140 valence electrons. The van der Waals surface area contributed by atoms with Crippen molar-refractivity contribution in [3.63, 3.8) is 0 Å². The van der Waals surface area contributed by atoms with Gasteiger partial charge in [-0.05, 0) is 39.0 Å². The molecule has 1 fully saturated rings. The van der Waals surface area contributed by atoms with Gasteiger partial charge in [0, 0.05) is 37.3 Å². The van der Waals surface area contributed by atoms with Crippen LogP contribution >= 0.6 is 0 Å². The first-order chi connectivity index (χ1) is 12.2. The molecule has 2 aromatic rings. The molecule has 0 bridgehead atoms. The third-order valence-corrected chi connectivity index (χ3v) is 4.23. The minimum absolute atomic E-state index is 0.0179. The van der Waals surface area contributed by atoms with E-state index in [1.54, 1.807) is 26.7 Å². The van der Waals surface area contributed by atoms with Crippen molar-refractivity contribution in [1.82, 2.24) is 19.6 Å². The Bertz CT molecular complexity index is 816. The fraction of sp³-hybridized carbons (Fsp3) is 0.500. The zero-order valence-electron chi connectivity index (χ0n) is 15.4. The number of amides is 2. The van der Waals surface area contributed by atoms with Crippen molar-refractivity contribution in [2.45, 2.75) is 32.9 Å². The average Bonchev–Trinajstić information content (AvgIpc) is 2.95. The lowest BCUT2D eigenvalue weighted by molar-refractivity contribution is -0.133. The van der Waals surface area contributed by atoms with Gasteiger partial charge in [-0.2, -0.15) is 5.10 Å². The minimum Gasteiger partial charge on any atom is -0.444 e. The van der Waals surface area contributed by atoms with E-state index in [4.69, 9.17) is 10.5 Å². The summed E-state index contributed by atoms with van der Waals surface area (Å²) in [5.74, 6) is -0.0179. The molecule has 8 nitrogen and oxygen atoms in total. The molecule has 2 N–H and O–H groups in total. The highest BCUT2D eigenvalue weighted by Gasteiger charge is 2.27. The number of piperazine rings is 1. The molecule has 8 heteroatoms. The van der Waals surface area contributed by atoms with E-state index in [0.717, 1.165) is 10.9 Å². The maximum absolute atomic E-state index is 12.6. The van der Waals surface area contributed by atoms with Crippen molar-refractivity contribution in [3.05, 3.63) is 24.4 Å². The van der Waals surface area contributed by atoms with Gasteiger partial charge in [0.2, 0.25) is 5.91 Å². The van der Waals surface area contributed by atoms with Crippen molar-refractivity contribution in [1.29, 1.82) is 0 Å². The van der Waals surface area contributed by atoms with E-state index in [2.05, 4.69) is 5.10 Å². The summed E-state index contributed by atoms with van der Waals surface area (Å²) in [6, 6.07) is 5.50. The number of nitrogens with two attached hydrogens (primary N) is 1. The molecule has 0 aliphatic carbocycles. The fourth-order valence-corrected chi connectivity index (χ4v) is 2.92. The molecule has 2 heterocycles. The topological polar surface area (TPSA) is 93.7 Å². The van der Waals surface area contributed by atoms with Crippen LogP contribution in [0.15, 0.2) is 24.4 Å². The molecule has 1 saturated heterocycles. The Morgan fingerprint density at radius 2 is 1.81 bits per heavy atom. The number of anilines is 1. The number of nitrogen functional groups attached to an aromatic ring is 1. The first kappa shape index (κ1) is 18.0. The third kappa shape index (κ3) is 4.07. The summed E-state index contributed by atoms with van der Waals surface area (Å²) in [6.07, 6.45) is 1.37. The molecule has 0 radical (unpaired) electrons. The number of rotatable bonds is 2. The second-order valence-electron chi connectivity index (χ2n) is 7.47. The quantitative estimate of drug-likeness (QED) is 0.824. The number of ether oxygens (including phenoxy) is 1. The zero-order chi connectivity index (χ0) is 18.9. The Morgan fingerprint density at radius 3 is 2.46 bits per heavy atom.